The predicted octanol–water partition coefficient (Wildman–Crippen LogP) is 2.53. The molecule has 0 bridgehead atoms. The first-order valence-electron chi connectivity index (χ1n) is 6.62. The highest BCUT2D eigenvalue weighted by molar-refractivity contribution is 5.61. The van der Waals surface area contributed by atoms with Gasteiger partial charge < -0.3 is 10.1 Å². The largest absolute Gasteiger partial charge is 0.469 e. The minimum absolute atomic E-state index is 0.0348. The first-order chi connectivity index (χ1) is 9.22. The maximum atomic E-state index is 11.2. The standard InChI is InChI=1S/C12H18N4O3/c1-2-7-13-11-10(16(17)18)12(15-8-14-11)19-9-5-3-4-6-9/h8-9H,2-7H2,1H3,(H,13,14,15). The minimum Gasteiger partial charge on any atom is -0.469 e. The lowest BCUT2D eigenvalue weighted by Crippen LogP contribution is -2.15. The second-order valence-corrected chi connectivity index (χ2v) is 4.58. The van der Waals surface area contributed by atoms with Crippen molar-refractivity contribution in [1.82, 2.24) is 9.97 Å². The lowest BCUT2D eigenvalue weighted by Gasteiger charge is -2.13. The van der Waals surface area contributed by atoms with Crippen LogP contribution in [0.2, 0.25) is 0 Å². The number of ether oxygens (including phenoxy) is 1. The Balaban J connectivity index is 2.22. The Morgan fingerprint density at radius 1 is 1.47 bits per heavy atom. The second kappa shape index (κ2) is 6.31. The molecular weight excluding hydrogens is 248 g/mol. The van der Waals surface area contributed by atoms with E-state index in [0.717, 1.165) is 32.1 Å². The summed E-state index contributed by atoms with van der Waals surface area (Å²) in [5.74, 6) is 0.306. The van der Waals surface area contributed by atoms with E-state index in [1.54, 1.807) is 0 Å². The fraction of sp³-hybridized carbons (Fsp3) is 0.667. The molecule has 19 heavy (non-hydrogen) atoms. The molecule has 2 rings (SSSR count). The minimum atomic E-state index is -0.484. The third-order valence-electron chi connectivity index (χ3n) is 3.09. The fourth-order valence-electron chi connectivity index (χ4n) is 2.15. The molecular formula is C12H18N4O3. The van der Waals surface area contributed by atoms with Crippen LogP contribution in [0.15, 0.2) is 6.33 Å². The second-order valence-electron chi connectivity index (χ2n) is 4.58. The van der Waals surface area contributed by atoms with E-state index in [1.807, 2.05) is 6.92 Å². The highest BCUT2D eigenvalue weighted by Crippen LogP contribution is 2.33. The number of nitrogens with one attached hydrogen (secondary N) is 1. The summed E-state index contributed by atoms with van der Waals surface area (Å²) in [5, 5.41) is 14.1. The maximum Gasteiger partial charge on any atom is 0.372 e. The van der Waals surface area contributed by atoms with E-state index in [9.17, 15) is 10.1 Å². The average molecular weight is 266 g/mol. The molecule has 0 saturated heterocycles. The Morgan fingerprint density at radius 3 is 2.84 bits per heavy atom. The molecule has 1 fully saturated rings. The van der Waals surface area contributed by atoms with Crippen LogP contribution in [0.25, 0.3) is 0 Å². The van der Waals surface area contributed by atoms with Crippen molar-refractivity contribution < 1.29 is 9.66 Å². The van der Waals surface area contributed by atoms with Crippen molar-refractivity contribution in [3.63, 3.8) is 0 Å². The van der Waals surface area contributed by atoms with Gasteiger partial charge in [0.2, 0.25) is 5.82 Å². The van der Waals surface area contributed by atoms with E-state index in [1.165, 1.54) is 6.33 Å². The van der Waals surface area contributed by atoms with Gasteiger partial charge in [0.25, 0.3) is 5.88 Å². The number of hydrogen-bond donors (Lipinski definition) is 1. The molecule has 1 aliphatic carbocycles. The van der Waals surface area contributed by atoms with Gasteiger partial charge in [-0.05, 0) is 32.1 Å². The molecule has 1 saturated carbocycles. The Morgan fingerprint density at radius 2 is 2.21 bits per heavy atom. The smallest absolute Gasteiger partial charge is 0.372 e. The van der Waals surface area contributed by atoms with Gasteiger partial charge in [0.1, 0.15) is 12.4 Å². The van der Waals surface area contributed by atoms with Gasteiger partial charge in [0, 0.05) is 6.54 Å². The molecule has 1 aliphatic rings. The lowest BCUT2D eigenvalue weighted by atomic mass is 10.3. The average Bonchev–Trinajstić information content (AvgIpc) is 2.89. The van der Waals surface area contributed by atoms with E-state index < -0.39 is 4.92 Å². The third-order valence-corrected chi connectivity index (χ3v) is 3.09. The van der Waals surface area contributed by atoms with Crippen molar-refractivity contribution in [3.05, 3.63) is 16.4 Å². The SMILES string of the molecule is CCCNc1ncnc(OC2CCCC2)c1[N+](=O)[O-]. The monoisotopic (exact) mass is 266 g/mol. The van der Waals surface area contributed by atoms with E-state index in [2.05, 4.69) is 15.3 Å². The molecule has 0 atom stereocenters. The number of anilines is 1. The Bertz CT molecular complexity index is 447. The van der Waals surface area contributed by atoms with Gasteiger partial charge in [-0.15, -0.1) is 0 Å². The van der Waals surface area contributed by atoms with Crippen LogP contribution in [0, 0.1) is 10.1 Å². The summed E-state index contributed by atoms with van der Waals surface area (Å²) >= 11 is 0. The van der Waals surface area contributed by atoms with Gasteiger partial charge in [-0.3, -0.25) is 10.1 Å². The van der Waals surface area contributed by atoms with Crippen molar-refractivity contribution in [3.8, 4) is 5.88 Å². The van der Waals surface area contributed by atoms with E-state index in [-0.39, 0.29) is 23.5 Å². The van der Waals surface area contributed by atoms with Crippen LogP contribution in [-0.4, -0.2) is 27.5 Å². The first kappa shape index (κ1) is 13.5. The normalized spacial score (nSPS) is 15.4. The highest BCUT2D eigenvalue weighted by atomic mass is 16.6. The summed E-state index contributed by atoms with van der Waals surface area (Å²) in [7, 11) is 0. The molecule has 0 aliphatic heterocycles. The van der Waals surface area contributed by atoms with Crippen LogP contribution in [0.1, 0.15) is 39.0 Å². The summed E-state index contributed by atoms with van der Waals surface area (Å²) in [5.41, 5.74) is -0.164. The highest BCUT2D eigenvalue weighted by Gasteiger charge is 2.27. The molecule has 1 heterocycles. The van der Waals surface area contributed by atoms with Crippen molar-refractivity contribution in [1.29, 1.82) is 0 Å². The van der Waals surface area contributed by atoms with Gasteiger partial charge in [0.05, 0.1) is 4.92 Å². The number of aromatic nitrogens is 2. The van der Waals surface area contributed by atoms with Crippen molar-refractivity contribution in [2.75, 3.05) is 11.9 Å². The molecule has 1 aromatic heterocycles. The lowest BCUT2D eigenvalue weighted by molar-refractivity contribution is -0.385. The molecule has 0 radical (unpaired) electrons. The molecule has 1 N–H and O–H groups in total. The Hall–Kier alpha value is -1.92. The zero-order valence-corrected chi connectivity index (χ0v) is 11.0. The number of nitro groups is 1. The number of rotatable bonds is 6. The van der Waals surface area contributed by atoms with Crippen LogP contribution in [0.4, 0.5) is 11.5 Å². The van der Waals surface area contributed by atoms with E-state index in [4.69, 9.17) is 4.74 Å². The van der Waals surface area contributed by atoms with Gasteiger partial charge in [-0.2, -0.15) is 4.98 Å². The van der Waals surface area contributed by atoms with Crippen molar-refractivity contribution >= 4 is 11.5 Å². The molecule has 7 heteroatoms. The van der Waals surface area contributed by atoms with Crippen molar-refractivity contribution in [2.24, 2.45) is 0 Å². The van der Waals surface area contributed by atoms with Crippen molar-refractivity contribution in [2.45, 2.75) is 45.1 Å². The van der Waals surface area contributed by atoms with E-state index in [0.29, 0.717) is 6.54 Å². The zero-order chi connectivity index (χ0) is 13.7. The first-order valence-corrected chi connectivity index (χ1v) is 6.62. The third kappa shape index (κ3) is 3.30. The summed E-state index contributed by atoms with van der Waals surface area (Å²) < 4.78 is 5.66. The molecule has 0 amide bonds. The van der Waals surface area contributed by atoms with Gasteiger partial charge in [-0.1, -0.05) is 6.92 Å². The molecule has 1 aromatic rings. The molecule has 0 unspecified atom stereocenters. The van der Waals surface area contributed by atoms with Gasteiger partial charge in [0.15, 0.2) is 0 Å². The molecule has 104 valence electrons. The number of hydrogen-bond acceptors (Lipinski definition) is 6. The molecule has 7 nitrogen and oxygen atoms in total. The molecule has 0 spiro atoms. The van der Waals surface area contributed by atoms with Crippen LogP contribution in [0.5, 0.6) is 5.88 Å². The quantitative estimate of drug-likeness (QED) is 0.628. The summed E-state index contributed by atoms with van der Waals surface area (Å²) in [4.78, 5) is 18.5. The molecule has 0 aromatic carbocycles. The Labute approximate surface area is 111 Å². The predicted molar refractivity (Wildman–Crippen MR) is 70.4 cm³/mol. The van der Waals surface area contributed by atoms with Gasteiger partial charge >= 0.3 is 5.69 Å². The van der Waals surface area contributed by atoms with E-state index >= 15 is 0 Å². The maximum absolute atomic E-state index is 11.2. The topological polar surface area (TPSA) is 90.2 Å². The Kier molecular flexibility index (Phi) is 4.48. The summed E-state index contributed by atoms with van der Waals surface area (Å²) in [6.07, 6.45) is 6.26. The van der Waals surface area contributed by atoms with Gasteiger partial charge in [-0.25, -0.2) is 4.98 Å². The van der Waals surface area contributed by atoms with Crippen LogP contribution in [-0.2, 0) is 0 Å². The summed E-state index contributed by atoms with van der Waals surface area (Å²) in [6.45, 7) is 2.61. The van der Waals surface area contributed by atoms with Crippen LogP contribution < -0.4 is 10.1 Å². The van der Waals surface area contributed by atoms with Crippen LogP contribution >= 0.6 is 0 Å². The van der Waals surface area contributed by atoms with Crippen LogP contribution in [0.3, 0.4) is 0 Å². The number of nitrogens with zero attached hydrogens (tertiary/aromatic N) is 3. The fourth-order valence-corrected chi connectivity index (χ4v) is 2.15. The zero-order valence-electron chi connectivity index (χ0n) is 11.0. The summed E-state index contributed by atoms with van der Waals surface area (Å²) in [6, 6.07) is 0.